The van der Waals surface area contributed by atoms with Crippen molar-refractivity contribution in [2.75, 3.05) is 19.0 Å². The molecule has 7 heteroatoms. The van der Waals surface area contributed by atoms with Crippen molar-refractivity contribution in [1.29, 1.82) is 0 Å². The third kappa shape index (κ3) is 5.29. The molecule has 1 saturated heterocycles. The molecular formula is C16H20Cl2N2O3. The normalized spacial score (nSPS) is 16.7. The van der Waals surface area contributed by atoms with Crippen LogP contribution in [0, 0.1) is 0 Å². The molecule has 5 nitrogen and oxygen atoms in total. The van der Waals surface area contributed by atoms with E-state index in [0.29, 0.717) is 23.9 Å². The van der Waals surface area contributed by atoms with Gasteiger partial charge in [-0.05, 0) is 44.0 Å². The van der Waals surface area contributed by atoms with Crippen LogP contribution in [-0.2, 0) is 9.59 Å². The quantitative estimate of drug-likeness (QED) is 0.822. The van der Waals surface area contributed by atoms with Gasteiger partial charge in [-0.1, -0.05) is 11.6 Å². The fraction of sp³-hybridized carbons (Fsp3) is 0.500. The number of carbonyl (C=O) groups is 2. The minimum atomic E-state index is -0.565. The number of benzene rings is 1. The van der Waals surface area contributed by atoms with Gasteiger partial charge >= 0.3 is 0 Å². The molecule has 1 atom stereocenters. The summed E-state index contributed by atoms with van der Waals surface area (Å²) < 4.78 is 5.66. The predicted molar refractivity (Wildman–Crippen MR) is 90.0 cm³/mol. The fourth-order valence-electron chi connectivity index (χ4n) is 2.54. The summed E-state index contributed by atoms with van der Waals surface area (Å²) in [6.45, 7) is 2.93. The molecule has 1 aliphatic heterocycles. The first-order valence-electron chi connectivity index (χ1n) is 7.56. The number of nitrogens with zero attached hydrogens (tertiary/aromatic N) is 1. The second-order valence-electron chi connectivity index (χ2n) is 5.51. The molecule has 1 aliphatic rings. The van der Waals surface area contributed by atoms with Crippen LogP contribution in [0.5, 0.6) is 5.75 Å². The number of carbonyl (C=O) groups excluding carboxylic acids is 2. The molecule has 0 bridgehead atoms. The largest absolute Gasteiger partial charge is 0.481 e. The Bertz CT molecular complexity index is 543. The van der Waals surface area contributed by atoms with E-state index >= 15 is 0 Å². The number of alkyl halides is 1. The molecule has 23 heavy (non-hydrogen) atoms. The highest BCUT2D eigenvalue weighted by Gasteiger charge is 2.27. The van der Waals surface area contributed by atoms with Crippen LogP contribution >= 0.6 is 23.2 Å². The second-order valence-corrected chi connectivity index (χ2v) is 6.22. The highest BCUT2D eigenvalue weighted by atomic mass is 35.5. The fourth-order valence-corrected chi connectivity index (χ4v) is 2.74. The summed E-state index contributed by atoms with van der Waals surface area (Å²) in [5.41, 5.74) is 0. The predicted octanol–water partition coefficient (Wildman–Crippen LogP) is 2.45. The van der Waals surface area contributed by atoms with E-state index < -0.39 is 6.10 Å². The molecule has 1 N–H and O–H groups in total. The Labute approximate surface area is 145 Å². The van der Waals surface area contributed by atoms with Gasteiger partial charge in [-0.3, -0.25) is 9.59 Å². The minimum Gasteiger partial charge on any atom is -0.481 e. The van der Waals surface area contributed by atoms with Gasteiger partial charge in [0.1, 0.15) is 11.6 Å². The molecule has 0 radical (unpaired) electrons. The van der Waals surface area contributed by atoms with E-state index in [1.807, 2.05) is 0 Å². The zero-order valence-electron chi connectivity index (χ0n) is 12.9. The van der Waals surface area contributed by atoms with Gasteiger partial charge in [0, 0.05) is 24.2 Å². The third-order valence-corrected chi connectivity index (χ3v) is 4.26. The SMILES string of the molecule is CC(Oc1ccc(Cl)cc1)C(=O)N1CCC(NC(=O)CCl)CC1. The first-order valence-corrected chi connectivity index (χ1v) is 8.47. The maximum absolute atomic E-state index is 12.4. The van der Waals surface area contributed by atoms with Gasteiger partial charge in [0.15, 0.2) is 6.10 Å². The van der Waals surface area contributed by atoms with Gasteiger partial charge in [0.05, 0.1) is 0 Å². The van der Waals surface area contributed by atoms with E-state index in [2.05, 4.69) is 5.32 Å². The maximum Gasteiger partial charge on any atom is 0.263 e. The van der Waals surface area contributed by atoms with Gasteiger partial charge < -0.3 is 15.0 Å². The molecule has 126 valence electrons. The van der Waals surface area contributed by atoms with Crippen LogP contribution in [0.15, 0.2) is 24.3 Å². The van der Waals surface area contributed by atoms with E-state index in [9.17, 15) is 9.59 Å². The van der Waals surface area contributed by atoms with Crippen molar-refractivity contribution in [3.63, 3.8) is 0 Å². The number of amides is 2. The average Bonchev–Trinajstić information content (AvgIpc) is 2.56. The molecule has 0 spiro atoms. The van der Waals surface area contributed by atoms with Crippen molar-refractivity contribution < 1.29 is 14.3 Å². The van der Waals surface area contributed by atoms with Crippen molar-refractivity contribution in [3.8, 4) is 5.75 Å². The van der Waals surface area contributed by atoms with Crippen LogP contribution < -0.4 is 10.1 Å². The highest BCUT2D eigenvalue weighted by molar-refractivity contribution is 6.30. The van der Waals surface area contributed by atoms with Gasteiger partial charge in [0.25, 0.3) is 5.91 Å². The Morgan fingerprint density at radius 3 is 2.48 bits per heavy atom. The molecule has 2 amide bonds. The summed E-state index contributed by atoms with van der Waals surface area (Å²) in [7, 11) is 0. The molecule has 0 aliphatic carbocycles. The van der Waals surface area contributed by atoms with E-state index in [4.69, 9.17) is 27.9 Å². The van der Waals surface area contributed by atoms with Crippen LogP contribution in [0.4, 0.5) is 0 Å². The molecule has 1 unspecified atom stereocenters. The first kappa shape index (κ1) is 17.9. The van der Waals surface area contributed by atoms with Crippen molar-refractivity contribution in [2.45, 2.75) is 31.9 Å². The molecular weight excluding hydrogens is 339 g/mol. The van der Waals surface area contributed by atoms with Gasteiger partial charge in [0.2, 0.25) is 5.91 Å². The smallest absolute Gasteiger partial charge is 0.263 e. The summed E-state index contributed by atoms with van der Waals surface area (Å²) >= 11 is 11.3. The number of halogens is 2. The summed E-state index contributed by atoms with van der Waals surface area (Å²) in [5, 5.41) is 3.47. The van der Waals surface area contributed by atoms with E-state index in [-0.39, 0.29) is 23.7 Å². The van der Waals surface area contributed by atoms with E-state index in [0.717, 1.165) is 12.8 Å². The lowest BCUT2D eigenvalue weighted by Gasteiger charge is -2.33. The zero-order chi connectivity index (χ0) is 16.8. The molecule has 1 fully saturated rings. The zero-order valence-corrected chi connectivity index (χ0v) is 14.4. The van der Waals surface area contributed by atoms with Crippen molar-refractivity contribution in [3.05, 3.63) is 29.3 Å². The first-order chi connectivity index (χ1) is 11.0. The van der Waals surface area contributed by atoms with Crippen LogP contribution in [-0.4, -0.2) is 47.8 Å². The minimum absolute atomic E-state index is 0.0366. The summed E-state index contributed by atoms with van der Waals surface area (Å²) in [5.74, 6) is 0.350. The van der Waals surface area contributed by atoms with Crippen LogP contribution in [0.25, 0.3) is 0 Å². The monoisotopic (exact) mass is 358 g/mol. The standard InChI is InChI=1S/C16H20Cl2N2O3/c1-11(23-14-4-2-12(18)3-5-14)16(22)20-8-6-13(7-9-20)19-15(21)10-17/h2-5,11,13H,6-10H2,1H3,(H,19,21). The highest BCUT2D eigenvalue weighted by Crippen LogP contribution is 2.18. The number of rotatable bonds is 5. The maximum atomic E-state index is 12.4. The van der Waals surface area contributed by atoms with Crippen molar-refractivity contribution in [1.82, 2.24) is 10.2 Å². The van der Waals surface area contributed by atoms with Crippen LogP contribution in [0.2, 0.25) is 5.02 Å². The van der Waals surface area contributed by atoms with Crippen LogP contribution in [0.3, 0.4) is 0 Å². The van der Waals surface area contributed by atoms with Crippen LogP contribution in [0.1, 0.15) is 19.8 Å². The summed E-state index contributed by atoms with van der Waals surface area (Å²) in [4.78, 5) is 25.5. The number of hydrogen-bond donors (Lipinski definition) is 1. The third-order valence-electron chi connectivity index (χ3n) is 3.77. The summed E-state index contributed by atoms with van der Waals surface area (Å²) in [6.07, 6.45) is 0.884. The Kier molecular flexibility index (Phi) is 6.54. The van der Waals surface area contributed by atoms with Crippen molar-refractivity contribution >= 4 is 35.0 Å². The number of nitrogens with one attached hydrogen (secondary N) is 1. The molecule has 1 aromatic carbocycles. The lowest BCUT2D eigenvalue weighted by molar-refractivity contribution is -0.139. The molecule has 0 aromatic heterocycles. The Hall–Kier alpha value is -1.46. The van der Waals surface area contributed by atoms with Gasteiger partial charge in [-0.2, -0.15) is 0 Å². The van der Waals surface area contributed by atoms with Gasteiger partial charge in [-0.15, -0.1) is 11.6 Å². The number of piperidine rings is 1. The molecule has 0 saturated carbocycles. The average molecular weight is 359 g/mol. The second kappa shape index (κ2) is 8.41. The van der Waals surface area contributed by atoms with E-state index in [1.165, 1.54) is 0 Å². The lowest BCUT2D eigenvalue weighted by Crippen LogP contribution is -2.49. The Morgan fingerprint density at radius 2 is 1.91 bits per heavy atom. The topological polar surface area (TPSA) is 58.6 Å². The Balaban J connectivity index is 1.81. The van der Waals surface area contributed by atoms with Gasteiger partial charge in [-0.25, -0.2) is 0 Å². The number of hydrogen-bond acceptors (Lipinski definition) is 3. The summed E-state index contributed by atoms with van der Waals surface area (Å²) in [6, 6.07) is 7.00. The number of likely N-dealkylation sites (tertiary alicyclic amines) is 1. The molecule has 2 rings (SSSR count). The molecule has 1 heterocycles. The molecule has 1 aromatic rings. The van der Waals surface area contributed by atoms with E-state index in [1.54, 1.807) is 36.1 Å². The number of ether oxygens (including phenoxy) is 1. The lowest BCUT2D eigenvalue weighted by atomic mass is 10.0. The Morgan fingerprint density at radius 1 is 1.30 bits per heavy atom. The van der Waals surface area contributed by atoms with Crippen molar-refractivity contribution in [2.24, 2.45) is 0 Å².